The summed E-state index contributed by atoms with van der Waals surface area (Å²) in [4.78, 5) is 6.60. The van der Waals surface area contributed by atoms with Crippen molar-refractivity contribution in [3.63, 3.8) is 0 Å². The molecule has 0 amide bonds. The molecule has 0 bridgehead atoms. The molecular formula is C11H14BrClN2O. The Morgan fingerprint density at radius 3 is 3.19 bits per heavy atom. The van der Waals surface area contributed by atoms with Crippen molar-refractivity contribution in [3.05, 3.63) is 21.8 Å². The Bertz CT molecular complexity index is 375. The highest BCUT2D eigenvalue weighted by molar-refractivity contribution is 9.10. The predicted molar refractivity (Wildman–Crippen MR) is 69.2 cm³/mol. The zero-order chi connectivity index (χ0) is 11.5. The van der Waals surface area contributed by atoms with Gasteiger partial charge in [0, 0.05) is 19.3 Å². The van der Waals surface area contributed by atoms with Gasteiger partial charge in [-0.2, -0.15) is 0 Å². The quantitative estimate of drug-likeness (QED) is 0.839. The molecule has 5 heteroatoms. The van der Waals surface area contributed by atoms with Crippen molar-refractivity contribution in [1.82, 2.24) is 4.98 Å². The Balaban J connectivity index is 2.16. The van der Waals surface area contributed by atoms with Crippen LogP contribution in [0.1, 0.15) is 13.3 Å². The highest BCUT2D eigenvalue weighted by Crippen LogP contribution is 2.27. The van der Waals surface area contributed by atoms with Crippen molar-refractivity contribution in [2.45, 2.75) is 19.4 Å². The summed E-state index contributed by atoms with van der Waals surface area (Å²) in [5, 5.41) is 0.649. The van der Waals surface area contributed by atoms with E-state index in [1.165, 1.54) is 0 Å². The topological polar surface area (TPSA) is 25.4 Å². The van der Waals surface area contributed by atoms with Crippen LogP contribution in [-0.2, 0) is 4.74 Å². The van der Waals surface area contributed by atoms with Gasteiger partial charge in [0.05, 0.1) is 22.2 Å². The number of morpholine rings is 1. The fraction of sp³-hybridized carbons (Fsp3) is 0.545. The Kier molecular flexibility index (Phi) is 4.05. The van der Waals surface area contributed by atoms with Gasteiger partial charge in [0.1, 0.15) is 5.82 Å². The Morgan fingerprint density at radius 2 is 2.50 bits per heavy atom. The van der Waals surface area contributed by atoms with Gasteiger partial charge in [-0.15, -0.1) is 0 Å². The zero-order valence-electron chi connectivity index (χ0n) is 9.12. The first-order valence-corrected chi connectivity index (χ1v) is 6.55. The highest BCUT2D eigenvalue weighted by Gasteiger charge is 2.21. The van der Waals surface area contributed by atoms with E-state index in [2.05, 4.69) is 32.7 Å². The van der Waals surface area contributed by atoms with E-state index < -0.39 is 0 Å². The molecule has 1 aliphatic heterocycles. The van der Waals surface area contributed by atoms with E-state index in [1.807, 2.05) is 6.07 Å². The van der Waals surface area contributed by atoms with Crippen LogP contribution in [0.3, 0.4) is 0 Å². The Hall–Kier alpha value is -0.320. The second-order valence-corrected chi connectivity index (χ2v) is 5.10. The summed E-state index contributed by atoms with van der Waals surface area (Å²) in [6, 6.07) is 1.88. The van der Waals surface area contributed by atoms with Gasteiger partial charge in [-0.05, 0) is 28.4 Å². The summed E-state index contributed by atoms with van der Waals surface area (Å²) in [5.74, 6) is 0.950. The number of halogens is 2. The second kappa shape index (κ2) is 5.34. The predicted octanol–water partition coefficient (Wildman–Crippen LogP) is 3.11. The monoisotopic (exact) mass is 304 g/mol. The molecule has 1 fully saturated rings. The molecule has 2 heterocycles. The molecule has 1 aliphatic rings. The number of hydrogen-bond acceptors (Lipinski definition) is 3. The van der Waals surface area contributed by atoms with Crippen LogP contribution in [0.25, 0.3) is 0 Å². The number of anilines is 1. The van der Waals surface area contributed by atoms with Crippen LogP contribution < -0.4 is 4.90 Å². The molecule has 2 rings (SSSR count). The summed E-state index contributed by atoms with van der Waals surface area (Å²) < 4.78 is 6.57. The van der Waals surface area contributed by atoms with Crippen molar-refractivity contribution in [2.75, 3.05) is 24.6 Å². The SMILES string of the molecule is CCC1CN(c2ncc(Cl)cc2Br)CCO1. The molecule has 0 spiro atoms. The average Bonchev–Trinajstić information content (AvgIpc) is 2.29. The van der Waals surface area contributed by atoms with Crippen LogP contribution in [0.4, 0.5) is 5.82 Å². The molecule has 1 aromatic rings. The Morgan fingerprint density at radius 1 is 1.69 bits per heavy atom. The van der Waals surface area contributed by atoms with Crippen LogP contribution in [0.2, 0.25) is 5.02 Å². The van der Waals surface area contributed by atoms with Crippen molar-refractivity contribution in [1.29, 1.82) is 0 Å². The summed E-state index contributed by atoms with van der Waals surface area (Å²) >= 11 is 9.37. The maximum Gasteiger partial charge on any atom is 0.143 e. The molecule has 0 N–H and O–H groups in total. The van der Waals surface area contributed by atoms with E-state index in [1.54, 1.807) is 6.20 Å². The maximum atomic E-state index is 5.88. The number of rotatable bonds is 2. The lowest BCUT2D eigenvalue weighted by molar-refractivity contribution is 0.0381. The number of nitrogens with zero attached hydrogens (tertiary/aromatic N) is 2. The smallest absolute Gasteiger partial charge is 0.143 e. The third-order valence-electron chi connectivity index (χ3n) is 2.68. The minimum atomic E-state index is 0.304. The molecule has 16 heavy (non-hydrogen) atoms. The average molecular weight is 306 g/mol. The van der Waals surface area contributed by atoms with Crippen LogP contribution in [0.5, 0.6) is 0 Å². The lowest BCUT2D eigenvalue weighted by atomic mass is 10.2. The lowest BCUT2D eigenvalue weighted by Gasteiger charge is -2.33. The van der Waals surface area contributed by atoms with Gasteiger partial charge in [-0.1, -0.05) is 18.5 Å². The van der Waals surface area contributed by atoms with Gasteiger partial charge in [-0.3, -0.25) is 0 Å². The third kappa shape index (κ3) is 2.67. The lowest BCUT2D eigenvalue weighted by Crippen LogP contribution is -2.42. The molecule has 0 aromatic carbocycles. The highest BCUT2D eigenvalue weighted by atomic mass is 79.9. The number of aromatic nitrogens is 1. The minimum Gasteiger partial charge on any atom is -0.375 e. The van der Waals surface area contributed by atoms with Crippen LogP contribution in [0, 0.1) is 0 Å². The largest absolute Gasteiger partial charge is 0.375 e. The van der Waals surface area contributed by atoms with Crippen LogP contribution in [0.15, 0.2) is 16.7 Å². The third-order valence-corrected chi connectivity index (χ3v) is 3.47. The number of hydrogen-bond donors (Lipinski definition) is 0. The Labute approximate surface area is 109 Å². The number of ether oxygens (including phenoxy) is 1. The van der Waals surface area contributed by atoms with Crippen LogP contribution >= 0.6 is 27.5 Å². The molecule has 88 valence electrons. The van der Waals surface area contributed by atoms with E-state index in [-0.39, 0.29) is 0 Å². The minimum absolute atomic E-state index is 0.304. The normalized spacial score (nSPS) is 21.2. The van der Waals surface area contributed by atoms with E-state index in [0.717, 1.165) is 36.4 Å². The van der Waals surface area contributed by atoms with E-state index in [4.69, 9.17) is 16.3 Å². The van der Waals surface area contributed by atoms with E-state index in [9.17, 15) is 0 Å². The summed E-state index contributed by atoms with van der Waals surface area (Å²) in [6.45, 7) is 4.67. The van der Waals surface area contributed by atoms with Gasteiger partial charge in [-0.25, -0.2) is 4.98 Å². The van der Waals surface area contributed by atoms with Gasteiger partial charge in [0.15, 0.2) is 0 Å². The van der Waals surface area contributed by atoms with Gasteiger partial charge in [0.25, 0.3) is 0 Å². The van der Waals surface area contributed by atoms with Crippen LogP contribution in [-0.4, -0.2) is 30.8 Å². The van der Waals surface area contributed by atoms with E-state index >= 15 is 0 Å². The van der Waals surface area contributed by atoms with E-state index in [0.29, 0.717) is 11.1 Å². The molecule has 1 saturated heterocycles. The molecule has 1 atom stereocenters. The second-order valence-electron chi connectivity index (χ2n) is 3.81. The summed E-state index contributed by atoms with van der Waals surface area (Å²) in [6.07, 6.45) is 3.01. The van der Waals surface area contributed by atoms with Gasteiger partial charge in [0.2, 0.25) is 0 Å². The van der Waals surface area contributed by atoms with Crippen molar-refractivity contribution in [3.8, 4) is 0 Å². The first-order valence-electron chi connectivity index (χ1n) is 5.38. The van der Waals surface area contributed by atoms with Gasteiger partial charge >= 0.3 is 0 Å². The van der Waals surface area contributed by atoms with Crippen molar-refractivity contribution in [2.24, 2.45) is 0 Å². The molecule has 3 nitrogen and oxygen atoms in total. The first kappa shape index (κ1) is 12.1. The van der Waals surface area contributed by atoms with Crippen molar-refractivity contribution < 1.29 is 4.74 Å². The number of pyridine rings is 1. The molecule has 0 radical (unpaired) electrons. The summed E-state index contributed by atoms with van der Waals surface area (Å²) in [5.41, 5.74) is 0. The first-order chi connectivity index (χ1) is 7.70. The molecule has 1 aromatic heterocycles. The molecule has 1 unspecified atom stereocenters. The maximum absolute atomic E-state index is 5.88. The molecule has 0 saturated carbocycles. The molecule has 0 aliphatic carbocycles. The fourth-order valence-corrected chi connectivity index (χ4v) is 2.69. The fourth-order valence-electron chi connectivity index (χ4n) is 1.80. The molecular weight excluding hydrogens is 291 g/mol. The van der Waals surface area contributed by atoms with Gasteiger partial charge < -0.3 is 9.64 Å². The standard InChI is InChI=1S/C11H14BrClN2O/c1-2-9-7-15(3-4-16-9)11-10(12)5-8(13)6-14-11/h5-6,9H,2-4,7H2,1H3. The van der Waals surface area contributed by atoms with Crippen molar-refractivity contribution >= 4 is 33.3 Å². The zero-order valence-corrected chi connectivity index (χ0v) is 11.5. The summed E-state index contributed by atoms with van der Waals surface area (Å²) in [7, 11) is 0.